The van der Waals surface area contributed by atoms with Crippen molar-refractivity contribution >= 4 is 34.2 Å². The van der Waals surface area contributed by atoms with Crippen LogP contribution in [0.3, 0.4) is 0 Å². The number of carbonyl (C=O) groups is 1. The summed E-state index contributed by atoms with van der Waals surface area (Å²) in [5.41, 5.74) is 5.12. The summed E-state index contributed by atoms with van der Waals surface area (Å²) in [6.07, 6.45) is -0.585. The van der Waals surface area contributed by atoms with E-state index in [9.17, 15) is 4.79 Å². The number of carbonyl (C=O) groups excluding carboxylic acids is 1. The van der Waals surface area contributed by atoms with Crippen LogP contribution in [0.25, 0.3) is 0 Å². The molecule has 0 radical (unpaired) electrons. The summed E-state index contributed by atoms with van der Waals surface area (Å²) in [6.45, 7) is 0. The summed E-state index contributed by atoms with van der Waals surface area (Å²) in [5.74, 6) is 0.278. The summed E-state index contributed by atoms with van der Waals surface area (Å²) in [5, 5.41) is 2.95. The topological polar surface area (TPSA) is 64.3 Å². The van der Waals surface area contributed by atoms with Gasteiger partial charge in [-0.3, -0.25) is 4.79 Å². The summed E-state index contributed by atoms with van der Waals surface area (Å²) >= 11 is 6.39. The first-order valence-electron chi connectivity index (χ1n) is 3.40. The maximum absolute atomic E-state index is 10.8. The number of hydrogen-bond donors (Lipinski definition) is 2. The number of ether oxygens (including phenoxy) is 1. The number of amides is 1. The Morgan fingerprint density at radius 2 is 2.67 bits per heavy atom. The van der Waals surface area contributed by atoms with Gasteiger partial charge in [0.25, 0.3) is 0 Å². The van der Waals surface area contributed by atoms with Gasteiger partial charge in [-0.15, -0.1) is 0 Å². The van der Waals surface area contributed by atoms with Gasteiger partial charge >= 0.3 is 0 Å². The van der Waals surface area contributed by atoms with E-state index < -0.39 is 12.0 Å². The number of rotatable bonds is 3. The number of primary amides is 1. The minimum absolute atomic E-state index is 0.0787. The standard InChI is InChI=1S/C6H10N2O2S2/c1-10-4(5(7)9)3-2-12-6(11)8-3/h3-4H,2H2,1H3,(H2,7,9)(H,8,11). The summed E-state index contributed by atoms with van der Waals surface area (Å²) < 4.78 is 5.63. The van der Waals surface area contributed by atoms with E-state index in [2.05, 4.69) is 5.32 Å². The first-order valence-corrected chi connectivity index (χ1v) is 4.80. The number of thiocarbonyl (C=S) groups is 1. The van der Waals surface area contributed by atoms with Crippen molar-refractivity contribution in [3.05, 3.63) is 0 Å². The molecule has 1 aliphatic rings. The Morgan fingerprint density at radius 1 is 2.00 bits per heavy atom. The van der Waals surface area contributed by atoms with Crippen molar-refractivity contribution in [3.63, 3.8) is 0 Å². The van der Waals surface area contributed by atoms with Gasteiger partial charge in [0.1, 0.15) is 4.32 Å². The molecule has 0 spiro atoms. The van der Waals surface area contributed by atoms with Crippen molar-refractivity contribution in [2.24, 2.45) is 5.73 Å². The molecule has 6 heteroatoms. The van der Waals surface area contributed by atoms with Crippen molar-refractivity contribution in [3.8, 4) is 0 Å². The van der Waals surface area contributed by atoms with Crippen molar-refractivity contribution in [2.75, 3.05) is 12.9 Å². The Kier molecular flexibility index (Phi) is 3.30. The van der Waals surface area contributed by atoms with Gasteiger partial charge in [-0.1, -0.05) is 24.0 Å². The first kappa shape index (κ1) is 9.76. The third-order valence-electron chi connectivity index (χ3n) is 1.60. The highest BCUT2D eigenvalue weighted by atomic mass is 32.2. The van der Waals surface area contributed by atoms with Gasteiger partial charge in [0.2, 0.25) is 5.91 Å². The van der Waals surface area contributed by atoms with Crippen molar-refractivity contribution < 1.29 is 9.53 Å². The van der Waals surface area contributed by atoms with Crippen LogP contribution in [0.5, 0.6) is 0 Å². The van der Waals surface area contributed by atoms with E-state index in [-0.39, 0.29) is 6.04 Å². The maximum Gasteiger partial charge on any atom is 0.248 e. The fraction of sp³-hybridized carbons (Fsp3) is 0.667. The van der Waals surface area contributed by atoms with Crippen molar-refractivity contribution in [1.29, 1.82) is 0 Å². The lowest BCUT2D eigenvalue weighted by Gasteiger charge is -2.17. The normalized spacial score (nSPS) is 25.1. The van der Waals surface area contributed by atoms with E-state index in [1.165, 1.54) is 18.9 Å². The Labute approximate surface area is 80.2 Å². The zero-order chi connectivity index (χ0) is 9.14. The van der Waals surface area contributed by atoms with E-state index in [0.29, 0.717) is 4.32 Å². The van der Waals surface area contributed by atoms with E-state index >= 15 is 0 Å². The van der Waals surface area contributed by atoms with E-state index in [1.54, 1.807) is 0 Å². The lowest BCUT2D eigenvalue weighted by Crippen LogP contribution is -2.47. The van der Waals surface area contributed by atoms with Crippen LogP contribution < -0.4 is 11.1 Å². The number of hydrogen-bond acceptors (Lipinski definition) is 4. The van der Waals surface area contributed by atoms with Gasteiger partial charge in [0.05, 0.1) is 6.04 Å². The molecule has 2 atom stereocenters. The number of methoxy groups -OCH3 is 1. The van der Waals surface area contributed by atoms with Gasteiger partial charge in [-0.25, -0.2) is 0 Å². The van der Waals surface area contributed by atoms with Gasteiger partial charge < -0.3 is 15.8 Å². The zero-order valence-electron chi connectivity index (χ0n) is 6.57. The Bertz CT molecular complexity index is 210. The van der Waals surface area contributed by atoms with Crippen LogP contribution in [0, 0.1) is 0 Å². The highest BCUT2D eigenvalue weighted by molar-refractivity contribution is 8.23. The largest absolute Gasteiger partial charge is 0.369 e. The fourth-order valence-corrected chi connectivity index (χ4v) is 2.22. The van der Waals surface area contributed by atoms with Crippen molar-refractivity contribution in [1.82, 2.24) is 5.32 Å². The Hall–Kier alpha value is -0.330. The van der Waals surface area contributed by atoms with E-state index in [1.807, 2.05) is 0 Å². The zero-order valence-corrected chi connectivity index (χ0v) is 8.21. The molecule has 0 aromatic heterocycles. The summed E-state index contributed by atoms with van der Waals surface area (Å²) in [4.78, 5) is 10.8. The minimum atomic E-state index is -0.585. The fourth-order valence-electron chi connectivity index (χ4n) is 1.04. The number of nitrogens with one attached hydrogen (secondary N) is 1. The first-order chi connectivity index (χ1) is 5.65. The minimum Gasteiger partial charge on any atom is -0.369 e. The third kappa shape index (κ3) is 2.09. The molecular weight excluding hydrogens is 196 g/mol. The monoisotopic (exact) mass is 206 g/mol. The average Bonchev–Trinajstić information content (AvgIpc) is 2.37. The molecule has 1 saturated heterocycles. The van der Waals surface area contributed by atoms with Gasteiger partial charge in [0.15, 0.2) is 6.10 Å². The molecule has 0 saturated carbocycles. The lowest BCUT2D eigenvalue weighted by atomic mass is 10.2. The maximum atomic E-state index is 10.8. The molecule has 12 heavy (non-hydrogen) atoms. The van der Waals surface area contributed by atoms with Gasteiger partial charge in [0, 0.05) is 12.9 Å². The lowest BCUT2D eigenvalue weighted by molar-refractivity contribution is -0.128. The Morgan fingerprint density at radius 3 is 3.00 bits per heavy atom. The van der Waals surface area contributed by atoms with Crippen LogP contribution >= 0.6 is 24.0 Å². The molecule has 0 bridgehead atoms. The van der Waals surface area contributed by atoms with Crippen molar-refractivity contribution in [2.45, 2.75) is 12.1 Å². The summed E-state index contributed by atoms with van der Waals surface area (Å²) in [7, 11) is 1.46. The molecule has 0 aromatic carbocycles. The second-order valence-electron chi connectivity index (χ2n) is 2.41. The molecule has 1 aliphatic heterocycles. The highest BCUT2D eigenvalue weighted by Gasteiger charge is 2.31. The van der Waals surface area contributed by atoms with Crippen LogP contribution in [-0.2, 0) is 9.53 Å². The molecule has 1 rings (SSSR count). The predicted octanol–water partition coefficient (Wildman–Crippen LogP) is -0.523. The third-order valence-corrected chi connectivity index (χ3v) is 2.97. The number of thioether (sulfide) groups is 1. The van der Waals surface area contributed by atoms with Gasteiger partial charge in [-0.05, 0) is 0 Å². The van der Waals surface area contributed by atoms with Crippen LogP contribution in [0.15, 0.2) is 0 Å². The van der Waals surface area contributed by atoms with Crippen LogP contribution in [0.2, 0.25) is 0 Å². The quantitative estimate of drug-likeness (QED) is 0.608. The van der Waals surface area contributed by atoms with E-state index in [0.717, 1.165) is 5.75 Å². The molecule has 1 amide bonds. The highest BCUT2D eigenvalue weighted by Crippen LogP contribution is 2.16. The molecule has 3 N–H and O–H groups in total. The molecule has 1 fully saturated rings. The number of nitrogens with two attached hydrogens (primary N) is 1. The molecule has 0 aromatic rings. The van der Waals surface area contributed by atoms with Gasteiger partial charge in [-0.2, -0.15) is 0 Å². The van der Waals surface area contributed by atoms with E-state index in [4.69, 9.17) is 22.7 Å². The second-order valence-corrected chi connectivity index (χ2v) is 4.10. The SMILES string of the molecule is COC(C(N)=O)C1CSC(=S)N1. The molecule has 0 aliphatic carbocycles. The molecule has 2 unspecified atom stereocenters. The molecular formula is C6H10N2O2S2. The predicted molar refractivity (Wildman–Crippen MR) is 52.0 cm³/mol. The molecule has 4 nitrogen and oxygen atoms in total. The average molecular weight is 206 g/mol. The van der Waals surface area contributed by atoms with Crippen LogP contribution in [0.1, 0.15) is 0 Å². The Balaban J connectivity index is 2.55. The van der Waals surface area contributed by atoms with Crippen LogP contribution in [0.4, 0.5) is 0 Å². The molecule has 1 heterocycles. The molecule has 68 valence electrons. The smallest absolute Gasteiger partial charge is 0.248 e. The van der Waals surface area contributed by atoms with Crippen LogP contribution in [-0.4, -0.2) is 35.2 Å². The summed E-state index contributed by atoms with van der Waals surface area (Å²) in [6, 6.07) is -0.0787. The second kappa shape index (κ2) is 4.06.